The summed E-state index contributed by atoms with van der Waals surface area (Å²) in [7, 11) is 0. The first-order chi connectivity index (χ1) is 13.9. The van der Waals surface area contributed by atoms with Crippen LogP contribution in [0.15, 0.2) is 41.4 Å². The van der Waals surface area contributed by atoms with Gasteiger partial charge in [0.25, 0.3) is 0 Å². The van der Waals surface area contributed by atoms with Crippen LogP contribution in [0.5, 0.6) is 0 Å². The predicted molar refractivity (Wildman–Crippen MR) is 121 cm³/mol. The second-order valence-corrected chi connectivity index (χ2v) is 8.88. The molecule has 0 bridgehead atoms. The molecule has 0 fully saturated rings. The highest BCUT2D eigenvalue weighted by Gasteiger charge is 2.29. The summed E-state index contributed by atoms with van der Waals surface area (Å²) in [6.45, 7) is 8.08. The number of hydrogen-bond acceptors (Lipinski definition) is 3. The van der Waals surface area contributed by atoms with Crippen LogP contribution in [-0.2, 0) is 11.2 Å². The fourth-order valence-corrected chi connectivity index (χ4v) is 5.21. The van der Waals surface area contributed by atoms with Crippen LogP contribution in [0.25, 0.3) is 5.00 Å². The topological polar surface area (TPSA) is 34.4 Å². The van der Waals surface area contributed by atoms with E-state index in [0.717, 1.165) is 28.2 Å². The Balaban J connectivity index is 1.97. The summed E-state index contributed by atoms with van der Waals surface area (Å²) in [4.78, 5) is 18.5. The van der Waals surface area contributed by atoms with E-state index in [2.05, 4.69) is 67.7 Å². The smallest absolute Gasteiger partial charge is 0.132 e. The van der Waals surface area contributed by atoms with Gasteiger partial charge in [-0.25, -0.2) is 0 Å². The average Bonchev–Trinajstić information content (AvgIpc) is 3.15. The number of ketones is 1. The predicted octanol–water partition coefficient (Wildman–Crippen LogP) is 5.51. The second-order valence-electron chi connectivity index (χ2n) is 7.68. The van der Waals surface area contributed by atoms with E-state index >= 15 is 0 Å². The molecule has 1 atom stereocenters. The van der Waals surface area contributed by atoms with Gasteiger partial charge in [-0.2, -0.15) is 0 Å². The number of thiophene rings is 1. The Bertz CT molecular complexity index is 1170. The van der Waals surface area contributed by atoms with Crippen molar-refractivity contribution in [1.82, 2.24) is 4.57 Å². The van der Waals surface area contributed by atoms with Crippen LogP contribution in [0.1, 0.15) is 57.9 Å². The summed E-state index contributed by atoms with van der Waals surface area (Å²) >= 11 is 1.79. The van der Waals surface area contributed by atoms with Crippen molar-refractivity contribution in [2.45, 2.75) is 46.6 Å². The summed E-state index contributed by atoms with van der Waals surface area (Å²) in [5, 5.41) is 1.19. The van der Waals surface area contributed by atoms with Gasteiger partial charge in [0.2, 0.25) is 0 Å². The largest absolute Gasteiger partial charge is 0.307 e. The quantitative estimate of drug-likeness (QED) is 0.532. The van der Waals surface area contributed by atoms with Crippen molar-refractivity contribution in [3.8, 4) is 17.3 Å². The zero-order chi connectivity index (χ0) is 20.7. The molecule has 0 spiro atoms. The van der Waals surface area contributed by atoms with Crippen LogP contribution >= 0.6 is 11.3 Å². The first kappa shape index (κ1) is 19.4. The Kier molecular flexibility index (Phi) is 5.02. The third-order valence-electron chi connectivity index (χ3n) is 5.55. The molecule has 2 aromatic heterocycles. The maximum atomic E-state index is 12.0. The molecule has 0 N–H and O–H groups in total. The van der Waals surface area contributed by atoms with Crippen LogP contribution in [0.3, 0.4) is 0 Å². The lowest BCUT2D eigenvalue weighted by Crippen LogP contribution is -2.08. The minimum atomic E-state index is -0.194. The number of aromatic nitrogens is 1. The first-order valence-corrected chi connectivity index (χ1v) is 10.6. The van der Waals surface area contributed by atoms with Gasteiger partial charge in [-0.15, -0.1) is 23.7 Å². The fourth-order valence-electron chi connectivity index (χ4n) is 3.97. The molecular weight excluding hydrogens is 376 g/mol. The number of carbonyl (C=O) groups is 1. The maximum Gasteiger partial charge on any atom is 0.132 e. The van der Waals surface area contributed by atoms with Crippen molar-refractivity contribution in [2.75, 3.05) is 0 Å². The third-order valence-corrected chi connectivity index (χ3v) is 6.75. The lowest BCUT2D eigenvalue weighted by atomic mass is 9.98. The molecule has 3 nitrogen and oxygen atoms in total. The molecule has 0 radical (unpaired) electrons. The zero-order valence-corrected chi connectivity index (χ0v) is 18.1. The normalized spacial score (nSPS) is 15.1. The molecule has 3 aromatic rings. The summed E-state index contributed by atoms with van der Waals surface area (Å²) in [6, 6.07) is 12.4. The molecule has 0 saturated carbocycles. The molecule has 1 aliphatic rings. The van der Waals surface area contributed by atoms with Crippen molar-refractivity contribution < 1.29 is 4.79 Å². The zero-order valence-electron chi connectivity index (χ0n) is 17.2. The molecule has 0 unspecified atom stereocenters. The molecule has 4 heteroatoms. The number of hydrogen-bond donors (Lipinski definition) is 0. The van der Waals surface area contributed by atoms with Crippen LogP contribution < -0.4 is 0 Å². The van der Waals surface area contributed by atoms with Crippen molar-refractivity contribution in [2.24, 2.45) is 4.99 Å². The molecule has 0 amide bonds. The number of carbonyl (C=O) groups excluding carboxylic acids is 1. The molecule has 4 rings (SSSR count). The summed E-state index contributed by atoms with van der Waals surface area (Å²) in [5.74, 6) is 2.84. The van der Waals surface area contributed by atoms with Crippen molar-refractivity contribution in [3.05, 3.63) is 74.9 Å². The van der Waals surface area contributed by atoms with E-state index in [9.17, 15) is 4.79 Å². The molecule has 0 aliphatic carbocycles. The number of rotatable bonds is 4. The fraction of sp³-hybridized carbons (Fsp3) is 0.280. The monoisotopic (exact) mass is 400 g/mol. The highest BCUT2D eigenvalue weighted by Crippen LogP contribution is 2.40. The maximum absolute atomic E-state index is 12.0. The summed E-state index contributed by atoms with van der Waals surface area (Å²) in [6.07, 6.45) is 6.47. The van der Waals surface area contributed by atoms with Crippen molar-refractivity contribution in [3.63, 3.8) is 0 Å². The molecular formula is C25H24N2OS. The lowest BCUT2D eigenvalue weighted by molar-refractivity contribution is -0.117. The lowest BCUT2D eigenvalue weighted by Gasteiger charge is -2.13. The van der Waals surface area contributed by atoms with Gasteiger partial charge in [0.15, 0.2) is 0 Å². The Labute approximate surface area is 176 Å². The third kappa shape index (κ3) is 3.36. The number of terminal acetylenes is 1. The van der Waals surface area contributed by atoms with Gasteiger partial charge in [0.1, 0.15) is 10.8 Å². The summed E-state index contributed by atoms with van der Waals surface area (Å²) in [5.41, 5.74) is 7.80. The van der Waals surface area contributed by atoms with Gasteiger partial charge in [-0.05, 0) is 51.0 Å². The Morgan fingerprint density at radius 1 is 1.17 bits per heavy atom. The molecule has 0 saturated heterocycles. The molecule has 1 aromatic carbocycles. The summed E-state index contributed by atoms with van der Waals surface area (Å²) < 4.78 is 2.29. The van der Waals surface area contributed by atoms with E-state index < -0.39 is 0 Å². The standard InChI is InChI=1S/C25H24N2OS/c1-6-7-19-9-11-20(12-10-19)24-23-17(4)18(5)29-25(23)27-15(2)8-13-22(27)21(26-24)14-16(3)28/h1,8-13,21H,7,14H2,2-5H3/t21-/m0/s1. The Morgan fingerprint density at radius 2 is 1.90 bits per heavy atom. The second kappa shape index (κ2) is 7.50. The van der Waals surface area contributed by atoms with Gasteiger partial charge < -0.3 is 4.57 Å². The van der Waals surface area contributed by atoms with E-state index in [4.69, 9.17) is 11.4 Å². The number of Topliss-reactive ketones (excluding diaryl/α,β-unsaturated/α-hetero) is 1. The average molecular weight is 401 g/mol. The van der Waals surface area contributed by atoms with E-state index in [1.54, 1.807) is 18.3 Å². The SMILES string of the molecule is C#CCc1ccc(C2=N[C@@H](CC(C)=O)c3ccc(C)n3-c3sc(C)c(C)c32)cc1. The van der Waals surface area contributed by atoms with Crippen LogP contribution in [0.4, 0.5) is 0 Å². The number of benzene rings is 1. The van der Waals surface area contributed by atoms with Crippen molar-refractivity contribution >= 4 is 22.8 Å². The number of aryl methyl sites for hydroxylation is 2. The van der Waals surface area contributed by atoms with Crippen LogP contribution in [0, 0.1) is 33.1 Å². The van der Waals surface area contributed by atoms with Gasteiger partial charge in [-0.3, -0.25) is 9.79 Å². The van der Waals surface area contributed by atoms with Gasteiger partial charge >= 0.3 is 0 Å². The number of nitrogens with zero attached hydrogens (tertiary/aromatic N) is 2. The van der Waals surface area contributed by atoms with Crippen molar-refractivity contribution in [1.29, 1.82) is 0 Å². The van der Waals surface area contributed by atoms with E-state index in [1.165, 1.54) is 21.0 Å². The van der Waals surface area contributed by atoms with Crippen LogP contribution in [0.2, 0.25) is 0 Å². The highest BCUT2D eigenvalue weighted by atomic mass is 32.1. The number of aliphatic imine (C=N–C) groups is 1. The van der Waals surface area contributed by atoms with E-state index in [0.29, 0.717) is 12.8 Å². The molecule has 1 aliphatic heterocycles. The van der Waals surface area contributed by atoms with Crippen LogP contribution in [-0.4, -0.2) is 16.1 Å². The first-order valence-electron chi connectivity index (χ1n) is 9.79. The number of fused-ring (bicyclic) bond motifs is 3. The molecule has 3 heterocycles. The molecule has 146 valence electrons. The van der Waals surface area contributed by atoms with Gasteiger partial charge in [0, 0.05) is 40.2 Å². The highest BCUT2D eigenvalue weighted by molar-refractivity contribution is 7.15. The minimum absolute atomic E-state index is 0.144. The van der Waals surface area contributed by atoms with Gasteiger partial charge in [-0.1, -0.05) is 24.3 Å². The van der Waals surface area contributed by atoms with E-state index in [1.807, 2.05) is 0 Å². The minimum Gasteiger partial charge on any atom is -0.307 e. The Morgan fingerprint density at radius 3 is 2.55 bits per heavy atom. The van der Waals surface area contributed by atoms with Gasteiger partial charge in [0.05, 0.1) is 11.8 Å². The van der Waals surface area contributed by atoms with E-state index in [-0.39, 0.29) is 11.8 Å². The molecule has 29 heavy (non-hydrogen) atoms. The Hall–Kier alpha value is -2.90.